The van der Waals surface area contributed by atoms with Gasteiger partial charge in [-0.05, 0) is 128 Å². The van der Waals surface area contributed by atoms with Gasteiger partial charge in [-0.2, -0.15) is 0 Å². The minimum atomic E-state index is -0.791. The summed E-state index contributed by atoms with van der Waals surface area (Å²) in [6, 6.07) is 0. The summed E-state index contributed by atoms with van der Waals surface area (Å²) in [5.41, 5.74) is 0. The Morgan fingerprint density at radius 1 is 0.263 bits per heavy atom. The predicted molar refractivity (Wildman–Crippen MR) is 348 cm³/mol. The standard InChI is InChI=1S/C74H126O6/c1-4-7-10-13-16-19-22-25-27-29-31-33-34-35-36-37-38-39-40-42-43-45-47-49-52-55-58-61-64-67-73(76)79-70-71(69-78-72(75)66-63-60-57-54-51-24-21-18-15-12-9-6-3)80-74(77)68-65-62-59-56-53-50-48-46-44-41-32-30-28-26-23-20-17-14-11-8-5-2/h7,10,16,18-19,21,23,25-27,30-33,35-36,44,46,71H,4-6,8-9,11-15,17,20,22,24,28-29,34,37-43,45,47-70H2,1-3H3/b10-7-,19-16-,21-18-,26-23-,27-25-,32-30-,33-31-,36-35-,46-44-. The molecule has 0 bridgehead atoms. The van der Waals surface area contributed by atoms with Crippen molar-refractivity contribution < 1.29 is 28.6 Å². The molecular formula is C74H126O6. The molecule has 0 aromatic rings. The van der Waals surface area contributed by atoms with Crippen molar-refractivity contribution in [2.45, 2.75) is 329 Å². The topological polar surface area (TPSA) is 78.9 Å². The highest BCUT2D eigenvalue weighted by Crippen LogP contribution is 2.16. The van der Waals surface area contributed by atoms with Gasteiger partial charge in [0.1, 0.15) is 13.2 Å². The molecule has 1 atom stereocenters. The second-order valence-electron chi connectivity index (χ2n) is 22.3. The second-order valence-corrected chi connectivity index (χ2v) is 22.3. The number of allylic oxidation sites excluding steroid dienone is 18. The van der Waals surface area contributed by atoms with Gasteiger partial charge in [0.15, 0.2) is 6.10 Å². The van der Waals surface area contributed by atoms with Gasteiger partial charge in [0.25, 0.3) is 0 Å². The molecule has 6 nitrogen and oxygen atoms in total. The van der Waals surface area contributed by atoms with Crippen LogP contribution in [0.2, 0.25) is 0 Å². The largest absolute Gasteiger partial charge is 0.462 e. The molecule has 0 aliphatic carbocycles. The Kier molecular flexibility index (Phi) is 64.3. The van der Waals surface area contributed by atoms with E-state index in [4.69, 9.17) is 14.2 Å². The van der Waals surface area contributed by atoms with E-state index in [1.54, 1.807) is 0 Å². The molecule has 6 heteroatoms. The maximum atomic E-state index is 12.9. The molecular weight excluding hydrogens is 985 g/mol. The van der Waals surface area contributed by atoms with Gasteiger partial charge < -0.3 is 14.2 Å². The maximum Gasteiger partial charge on any atom is 0.306 e. The fraction of sp³-hybridized carbons (Fsp3) is 0.716. The van der Waals surface area contributed by atoms with Crippen LogP contribution < -0.4 is 0 Å². The minimum Gasteiger partial charge on any atom is -0.462 e. The average Bonchev–Trinajstić information content (AvgIpc) is 3.46. The Labute approximate surface area is 495 Å². The van der Waals surface area contributed by atoms with E-state index in [1.165, 1.54) is 161 Å². The van der Waals surface area contributed by atoms with Gasteiger partial charge in [-0.1, -0.05) is 284 Å². The first-order valence-corrected chi connectivity index (χ1v) is 33.9. The fourth-order valence-electron chi connectivity index (χ4n) is 9.41. The third-order valence-corrected chi connectivity index (χ3v) is 14.5. The smallest absolute Gasteiger partial charge is 0.306 e. The van der Waals surface area contributed by atoms with Gasteiger partial charge in [-0.3, -0.25) is 14.4 Å². The molecule has 0 aliphatic rings. The minimum absolute atomic E-state index is 0.0859. The number of carbonyl (C=O) groups is 3. The summed E-state index contributed by atoms with van der Waals surface area (Å²) in [4.78, 5) is 38.3. The van der Waals surface area contributed by atoms with Crippen LogP contribution in [0.25, 0.3) is 0 Å². The molecule has 0 fully saturated rings. The van der Waals surface area contributed by atoms with Crippen molar-refractivity contribution in [2.75, 3.05) is 13.2 Å². The van der Waals surface area contributed by atoms with Crippen LogP contribution >= 0.6 is 0 Å². The molecule has 0 spiro atoms. The number of hydrogen-bond acceptors (Lipinski definition) is 6. The highest BCUT2D eigenvalue weighted by atomic mass is 16.6. The number of carbonyl (C=O) groups excluding carboxylic acids is 3. The van der Waals surface area contributed by atoms with E-state index in [-0.39, 0.29) is 31.1 Å². The maximum absolute atomic E-state index is 12.9. The van der Waals surface area contributed by atoms with Crippen LogP contribution in [0.1, 0.15) is 323 Å². The number of rotatable bonds is 61. The molecule has 458 valence electrons. The molecule has 0 heterocycles. The summed E-state index contributed by atoms with van der Waals surface area (Å²) in [6.45, 7) is 6.50. The number of ether oxygens (including phenoxy) is 3. The molecule has 0 aromatic carbocycles. The van der Waals surface area contributed by atoms with Gasteiger partial charge in [0.2, 0.25) is 0 Å². The molecule has 0 radical (unpaired) electrons. The van der Waals surface area contributed by atoms with Crippen molar-refractivity contribution in [1.29, 1.82) is 0 Å². The van der Waals surface area contributed by atoms with Crippen LogP contribution in [0.3, 0.4) is 0 Å². The lowest BCUT2D eigenvalue weighted by Gasteiger charge is -2.18. The van der Waals surface area contributed by atoms with Crippen molar-refractivity contribution in [3.8, 4) is 0 Å². The summed E-state index contributed by atoms with van der Waals surface area (Å²) in [5, 5.41) is 0. The first-order valence-electron chi connectivity index (χ1n) is 33.9. The quantitative estimate of drug-likeness (QED) is 0.0261. The van der Waals surface area contributed by atoms with Crippen LogP contribution in [-0.4, -0.2) is 37.2 Å². The Morgan fingerprint density at radius 3 is 0.800 bits per heavy atom. The van der Waals surface area contributed by atoms with E-state index >= 15 is 0 Å². The van der Waals surface area contributed by atoms with Crippen LogP contribution in [0, 0.1) is 0 Å². The lowest BCUT2D eigenvalue weighted by atomic mass is 10.0. The molecule has 0 amide bonds. The molecule has 0 rings (SSSR count). The monoisotopic (exact) mass is 1110 g/mol. The highest BCUT2D eigenvalue weighted by Gasteiger charge is 2.19. The zero-order valence-electron chi connectivity index (χ0n) is 52.6. The normalized spacial score (nSPS) is 12.8. The third-order valence-electron chi connectivity index (χ3n) is 14.5. The van der Waals surface area contributed by atoms with E-state index < -0.39 is 6.10 Å². The first-order chi connectivity index (χ1) is 39.5. The summed E-state index contributed by atoms with van der Waals surface area (Å²) >= 11 is 0. The number of esters is 3. The van der Waals surface area contributed by atoms with Gasteiger partial charge in [-0.15, -0.1) is 0 Å². The molecule has 80 heavy (non-hydrogen) atoms. The Bertz CT molecular complexity index is 1610. The number of hydrogen-bond donors (Lipinski definition) is 0. The Balaban J connectivity index is 4.28. The number of unbranched alkanes of at least 4 members (excludes halogenated alkanes) is 32. The SMILES string of the molecule is CC/C=C\C/C=C\C/C=C\C/C=C\C/C=C\CCCCCCCCCCCCCCCC(=O)OCC(COC(=O)CCCCCCC/C=C\CCCCC)OC(=O)CCCCCCCC/C=C\C/C=C\C/C=C\CCCCCCC. The summed E-state index contributed by atoms with van der Waals surface area (Å²) in [7, 11) is 0. The van der Waals surface area contributed by atoms with E-state index in [9.17, 15) is 14.4 Å². The molecule has 0 aliphatic heterocycles. The van der Waals surface area contributed by atoms with Crippen LogP contribution in [-0.2, 0) is 28.6 Å². The zero-order chi connectivity index (χ0) is 57.8. The third kappa shape index (κ3) is 64.9. The molecule has 0 saturated heterocycles. The van der Waals surface area contributed by atoms with E-state index in [0.29, 0.717) is 19.3 Å². The fourth-order valence-corrected chi connectivity index (χ4v) is 9.41. The van der Waals surface area contributed by atoms with Crippen molar-refractivity contribution in [3.63, 3.8) is 0 Å². The van der Waals surface area contributed by atoms with Crippen molar-refractivity contribution >= 4 is 17.9 Å². The molecule has 0 aromatic heterocycles. The lowest BCUT2D eigenvalue weighted by molar-refractivity contribution is -0.167. The Morgan fingerprint density at radius 2 is 0.487 bits per heavy atom. The summed E-state index contributed by atoms with van der Waals surface area (Å²) in [5.74, 6) is -0.899. The molecule has 1 unspecified atom stereocenters. The van der Waals surface area contributed by atoms with Crippen molar-refractivity contribution in [1.82, 2.24) is 0 Å². The van der Waals surface area contributed by atoms with E-state index in [0.717, 1.165) is 122 Å². The van der Waals surface area contributed by atoms with Crippen molar-refractivity contribution in [2.24, 2.45) is 0 Å². The highest BCUT2D eigenvalue weighted by molar-refractivity contribution is 5.71. The Hall–Kier alpha value is -3.93. The average molecular weight is 1110 g/mol. The van der Waals surface area contributed by atoms with Crippen LogP contribution in [0.15, 0.2) is 109 Å². The van der Waals surface area contributed by atoms with Gasteiger partial charge >= 0.3 is 17.9 Å². The zero-order valence-corrected chi connectivity index (χ0v) is 52.6. The van der Waals surface area contributed by atoms with Crippen LogP contribution in [0.4, 0.5) is 0 Å². The van der Waals surface area contributed by atoms with Gasteiger partial charge in [0.05, 0.1) is 0 Å². The van der Waals surface area contributed by atoms with Crippen LogP contribution in [0.5, 0.6) is 0 Å². The van der Waals surface area contributed by atoms with E-state index in [2.05, 4.69) is 130 Å². The second kappa shape index (κ2) is 67.6. The molecule has 0 N–H and O–H groups in total. The predicted octanol–water partition coefficient (Wildman–Crippen LogP) is 23.4. The lowest BCUT2D eigenvalue weighted by Crippen LogP contribution is -2.30. The molecule has 0 saturated carbocycles. The van der Waals surface area contributed by atoms with E-state index in [1.807, 2.05) is 0 Å². The van der Waals surface area contributed by atoms with Gasteiger partial charge in [0, 0.05) is 19.3 Å². The first kappa shape index (κ1) is 76.1. The van der Waals surface area contributed by atoms with Gasteiger partial charge in [-0.25, -0.2) is 0 Å². The summed E-state index contributed by atoms with van der Waals surface area (Å²) < 4.78 is 16.9. The summed E-state index contributed by atoms with van der Waals surface area (Å²) in [6.07, 6.45) is 92.5. The van der Waals surface area contributed by atoms with Crippen molar-refractivity contribution in [3.05, 3.63) is 109 Å².